The molecule has 0 bridgehead atoms. The first-order valence-electron chi connectivity index (χ1n) is 9.47. The lowest BCUT2D eigenvalue weighted by atomic mass is 9.98. The molecule has 3 rings (SSSR count). The molecule has 2 aromatic heterocycles. The van der Waals surface area contributed by atoms with Gasteiger partial charge in [-0.3, -0.25) is 9.59 Å². The van der Waals surface area contributed by atoms with Crippen molar-refractivity contribution in [2.45, 2.75) is 38.8 Å². The normalized spacial score (nSPS) is 12.0. The van der Waals surface area contributed by atoms with Crippen LogP contribution >= 0.6 is 34.7 Å². The van der Waals surface area contributed by atoms with E-state index in [1.54, 1.807) is 12.1 Å². The Morgan fingerprint density at radius 1 is 1.47 bits per heavy atom. The Labute approximate surface area is 187 Å². The fourth-order valence-electron chi connectivity index (χ4n) is 3.00. The molecule has 0 aliphatic rings. The number of hydrogen-bond acceptors (Lipinski definition) is 6. The maximum absolute atomic E-state index is 12.7. The predicted molar refractivity (Wildman–Crippen MR) is 124 cm³/mol. The highest BCUT2D eigenvalue weighted by molar-refractivity contribution is 7.99. The van der Waals surface area contributed by atoms with Crippen molar-refractivity contribution in [3.63, 3.8) is 0 Å². The Balaban J connectivity index is 1.76. The predicted octanol–water partition coefficient (Wildman–Crippen LogP) is 5.14. The zero-order valence-electron chi connectivity index (χ0n) is 16.8. The first-order valence-corrected chi connectivity index (χ1v) is 11.6. The van der Waals surface area contributed by atoms with E-state index >= 15 is 0 Å². The summed E-state index contributed by atoms with van der Waals surface area (Å²) in [5.41, 5.74) is 1.58. The zero-order chi connectivity index (χ0) is 21.8. The standard InChI is InChI=1S/C21H21ClN4O2S2/c1-4-11(2)7-15-12(3)30-20-18(15)19(28)25-21(26-20)29-10-17(27)24-16-8-14(22)6-5-13(16)9-23/h5-6,8,11H,4,7,10H2,1-3H3,(H,24,27)(H,25,26,28). The van der Waals surface area contributed by atoms with Crippen LogP contribution in [-0.4, -0.2) is 21.6 Å². The Morgan fingerprint density at radius 3 is 2.93 bits per heavy atom. The van der Waals surface area contributed by atoms with Crippen LogP contribution < -0.4 is 10.9 Å². The van der Waals surface area contributed by atoms with Gasteiger partial charge in [0.15, 0.2) is 5.16 Å². The molecule has 1 amide bonds. The van der Waals surface area contributed by atoms with Gasteiger partial charge >= 0.3 is 0 Å². The largest absolute Gasteiger partial charge is 0.324 e. The highest BCUT2D eigenvalue weighted by atomic mass is 35.5. The van der Waals surface area contributed by atoms with Gasteiger partial charge in [0.25, 0.3) is 5.56 Å². The maximum Gasteiger partial charge on any atom is 0.260 e. The van der Waals surface area contributed by atoms with E-state index in [1.807, 2.05) is 13.0 Å². The van der Waals surface area contributed by atoms with Crippen molar-refractivity contribution in [1.82, 2.24) is 9.97 Å². The second kappa shape index (κ2) is 9.65. The van der Waals surface area contributed by atoms with Crippen LogP contribution in [0.4, 0.5) is 5.69 Å². The number of aryl methyl sites for hydroxylation is 1. The van der Waals surface area contributed by atoms with Gasteiger partial charge in [0.05, 0.1) is 22.4 Å². The van der Waals surface area contributed by atoms with Crippen LogP contribution in [0.25, 0.3) is 10.2 Å². The molecule has 1 atom stereocenters. The maximum atomic E-state index is 12.7. The summed E-state index contributed by atoms with van der Waals surface area (Å²) in [5.74, 6) is 0.209. The van der Waals surface area contributed by atoms with Crippen molar-refractivity contribution < 1.29 is 4.79 Å². The number of rotatable bonds is 7. The van der Waals surface area contributed by atoms with Gasteiger partial charge in [0.1, 0.15) is 10.9 Å². The molecule has 0 spiro atoms. The SMILES string of the molecule is CCC(C)Cc1c(C)sc2nc(SCC(=O)Nc3cc(Cl)ccc3C#N)[nH]c(=O)c12. The molecule has 1 unspecified atom stereocenters. The van der Waals surface area contributed by atoms with Crippen molar-refractivity contribution in [3.05, 3.63) is 49.6 Å². The average molecular weight is 461 g/mol. The molecule has 3 aromatic rings. The molecule has 0 saturated carbocycles. The molecule has 6 nitrogen and oxygen atoms in total. The minimum Gasteiger partial charge on any atom is -0.324 e. The number of anilines is 1. The summed E-state index contributed by atoms with van der Waals surface area (Å²) in [6.07, 6.45) is 1.90. The van der Waals surface area contributed by atoms with Crippen LogP contribution in [0.5, 0.6) is 0 Å². The highest BCUT2D eigenvalue weighted by Gasteiger charge is 2.17. The van der Waals surface area contributed by atoms with Gasteiger partial charge in [0.2, 0.25) is 5.91 Å². The van der Waals surface area contributed by atoms with E-state index in [0.29, 0.717) is 37.6 Å². The van der Waals surface area contributed by atoms with Crippen molar-refractivity contribution in [2.24, 2.45) is 5.92 Å². The topological polar surface area (TPSA) is 98.6 Å². The van der Waals surface area contributed by atoms with Crippen molar-refractivity contribution >= 4 is 56.5 Å². The average Bonchev–Trinajstić information content (AvgIpc) is 3.02. The summed E-state index contributed by atoms with van der Waals surface area (Å²) in [7, 11) is 0. The van der Waals surface area contributed by atoms with Crippen molar-refractivity contribution in [3.8, 4) is 6.07 Å². The summed E-state index contributed by atoms with van der Waals surface area (Å²) >= 11 is 8.59. The van der Waals surface area contributed by atoms with Crippen LogP contribution in [0.1, 0.15) is 36.3 Å². The lowest BCUT2D eigenvalue weighted by Gasteiger charge is -2.08. The number of thiophene rings is 1. The zero-order valence-corrected chi connectivity index (χ0v) is 19.2. The number of benzene rings is 1. The number of nitrogens with one attached hydrogen (secondary N) is 2. The van der Waals surface area contributed by atoms with Gasteiger partial charge in [-0.1, -0.05) is 43.6 Å². The molecule has 30 heavy (non-hydrogen) atoms. The molecule has 0 aliphatic heterocycles. The number of thioether (sulfide) groups is 1. The molecule has 0 saturated heterocycles. The van der Waals surface area contributed by atoms with Crippen LogP contribution in [0.15, 0.2) is 28.2 Å². The molecule has 9 heteroatoms. The number of nitriles is 1. The number of aromatic amines is 1. The van der Waals surface area contributed by atoms with Gasteiger partial charge in [-0.2, -0.15) is 5.26 Å². The minimum atomic E-state index is -0.318. The number of nitrogens with zero attached hydrogens (tertiary/aromatic N) is 2. The van der Waals surface area contributed by atoms with Crippen LogP contribution in [0.3, 0.4) is 0 Å². The molecule has 1 aromatic carbocycles. The summed E-state index contributed by atoms with van der Waals surface area (Å²) in [4.78, 5) is 34.2. The van der Waals surface area contributed by atoms with Crippen LogP contribution in [0, 0.1) is 24.2 Å². The highest BCUT2D eigenvalue weighted by Crippen LogP contribution is 2.30. The number of carbonyl (C=O) groups excluding carboxylic acids is 1. The van der Waals surface area contributed by atoms with E-state index in [9.17, 15) is 9.59 Å². The van der Waals surface area contributed by atoms with E-state index in [-0.39, 0.29) is 17.2 Å². The van der Waals surface area contributed by atoms with E-state index in [1.165, 1.54) is 17.4 Å². The summed E-state index contributed by atoms with van der Waals surface area (Å²) in [6, 6.07) is 6.69. The number of H-pyrrole nitrogens is 1. The number of amides is 1. The van der Waals surface area contributed by atoms with Crippen LogP contribution in [-0.2, 0) is 11.2 Å². The number of carbonyl (C=O) groups is 1. The lowest BCUT2D eigenvalue weighted by molar-refractivity contribution is -0.113. The third-order valence-electron chi connectivity index (χ3n) is 4.81. The second-order valence-corrected chi connectivity index (χ2v) is 9.65. The molecule has 156 valence electrons. The molecule has 2 heterocycles. The Kier molecular flexibility index (Phi) is 7.19. The molecular weight excluding hydrogens is 440 g/mol. The molecule has 0 radical (unpaired) electrons. The Bertz CT molecular complexity index is 1200. The monoisotopic (exact) mass is 460 g/mol. The first-order chi connectivity index (χ1) is 14.3. The number of fused-ring (bicyclic) bond motifs is 1. The van der Waals surface area contributed by atoms with Gasteiger partial charge in [-0.25, -0.2) is 4.98 Å². The quantitative estimate of drug-likeness (QED) is 0.375. The molecule has 0 fully saturated rings. The second-order valence-electron chi connectivity index (χ2n) is 7.04. The Morgan fingerprint density at radius 2 is 2.23 bits per heavy atom. The number of aromatic nitrogens is 2. The summed E-state index contributed by atoms with van der Waals surface area (Å²) in [6.45, 7) is 6.33. The fraction of sp³-hybridized carbons (Fsp3) is 0.333. The van der Waals surface area contributed by atoms with Crippen molar-refractivity contribution in [1.29, 1.82) is 5.26 Å². The number of hydrogen-bond donors (Lipinski definition) is 2. The molecular formula is C21H21ClN4O2S2. The molecule has 0 aliphatic carbocycles. The smallest absolute Gasteiger partial charge is 0.260 e. The summed E-state index contributed by atoms with van der Waals surface area (Å²) < 4.78 is 0. The van der Waals surface area contributed by atoms with Gasteiger partial charge in [-0.05, 0) is 43.0 Å². The van der Waals surface area contributed by atoms with E-state index in [2.05, 4.69) is 29.1 Å². The van der Waals surface area contributed by atoms with Gasteiger partial charge in [-0.15, -0.1) is 11.3 Å². The van der Waals surface area contributed by atoms with E-state index < -0.39 is 0 Å². The van der Waals surface area contributed by atoms with Gasteiger partial charge in [0, 0.05) is 9.90 Å². The minimum absolute atomic E-state index is 0.0376. The fourth-order valence-corrected chi connectivity index (χ4v) is 4.94. The lowest BCUT2D eigenvalue weighted by Crippen LogP contribution is -2.16. The Hall–Kier alpha value is -2.34. The first kappa shape index (κ1) is 22.3. The summed E-state index contributed by atoms with van der Waals surface area (Å²) in [5, 5.41) is 13.3. The number of halogens is 1. The van der Waals surface area contributed by atoms with Crippen LogP contribution in [0.2, 0.25) is 5.02 Å². The van der Waals surface area contributed by atoms with E-state index in [0.717, 1.165) is 35.0 Å². The molecule has 2 N–H and O–H groups in total. The third-order valence-corrected chi connectivity index (χ3v) is 6.96. The van der Waals surface area contributed by atoms with Crippen molar-refractivity contribution in [2.75, 3.05) is 11.1 Å². The van der Waals surface area contributed by atoms with Gasteiger partial charge < -0.3 is 10.3 Å². The van der Waals surface area contributed by atoms with E-state index in [4.69, 9.17) is 16.9 Å². The third kappa shape index (κ3) is 5.04.